The van der Waals surface area contributed by atoms with Crippen LogP contribution >= 0.6 is 11.8 Å². The Balaban J connectivity index is 1.29. The molecule has 25 heavy (non-hydrogen) atoms. The molecule has 1 aromatic carbocycles. The van der Waals surface area contributed by atoms with Crippen LogP contribution in [-0.2, 0) is 11.3 Å². The molecule has 2 atom stereocenters. The zero-order chi connectivity index (χ0) is 17.1. The molecule has 3 aliphatic heterocycles. The quantitative estimate of drug-likeness (QED) is 0.848. The minimum atomic E-state index is 0.179. The first-order valence-corrected chi connectivity index (χ1v) is 10.8. The molecule has 136 valence electrons. The summed E-state index contributed by atoms with van der Waals surface area (Å²) in [6.45, 7) is 3.32. The van der Waals surface area contributed by atoms with Gasteiger partial charge in [0.05, 0.1) is 0 Å². The topological polar surface area (TPSA) is 44.4 Å². The Hall–Kier alpha value is -1.04. The molecule has 0 radical (unpaired) electrons. The highest BCUT2D eigenvalue weighted by atomic mass is 32.2. The lowest BCUT2D eigenvalue weighted by atomic mass is 9.89. The predicted molar refractivity (Wildman–Crippen MR) is 105 cm³/mol. The zero-order valence-electron chi connectivity index (χ0n) is 14.9. The lowest BCUT2D eigenvalue weighted by Crippen LogP contribution is -2.39. The fourth-order valence-corrected chi connectivity index (χ4v) is 5.56. The number of piperidine rings is 1. The number of hydrogen-bond acceptors (Lipinski definition) is 4. The number of thioether (sulfide) groups is 1. The Labute approximate surface area is 155 Å². The van der Waals surface area contributed by atoms with E-state index < -0.39 is 0 Å². The summed E-state index contributed by atoms with van der Waals surface area (Å²) in [7, 11) is 0. The highest BCUT2D eigenvalue weighted by Gasteiger charge is 2.34. The molecule has 2 N–H and O–H groups in total. The standard InChI is InChI=1S/C20H29N3OS/c24-20(13-16-11-18-4-5-19(12-16)21-18)22-17-3-1-2-15(10-17)14-23-6-8-25-9-7-23/h1-3,10,16,18-19,21H,4-9,11-14H2,(H,22,24). The van der Waals surface area contributed by atoms with Gasteiger partial charge in [-0.15, -0.1) is 0 Å². The van der Waals surface area contributed by atoms with Crippen LogP contribution in [0.3, 0.4) is 0 Å². The summed E-state index contributed by atoms with van der Waals surface area (Å²) >= 11 is 2.04. The van der Waals surface area contributed by atoms with Crippen molar-refractivity contribution in [2.24, 2.45) is 5.92 Å². The average molecular weight is 360 g/mol. The van der Waals surface area contributed by atoms with Crippen molar-refractivity contribution in [3.8, 4) is 0 Å². The highest BCUT2D eigenvalue weighted by molar-refractivity contribution is 7.99. The molecule has 3 aliphatic rings. The largest absolute Gasteiger partial charge is 0.326 e. The maximum absolute atomic E-state index is 12.5. The molecule has 2 unspecified atom stereocenters. The van der Waals surface area contributed by atoms with E-state index in [1.54, 1.807) is 0 Å². The first-order chi connectivity index (χ1) is 12.2. The van der Waals surface area contributed by atoms with Crippen LogP contribution in [0, 0.1) is 5.92 Å². The third-order valence-corrected chi connectivity index (χ3v) is 6.71. The van der Waals surface area contributed by atoms with E-state index in [0.29, 0.717) is 24.4 Å². The van der Waals surface area contributed by atoms with Gasteiger partial charge in [-0.3, -0.25) is 9.69 Å². The highest BCUT2D eigenvalue weighted by Crippen LogP contribution is 2.32. The van der Waals surface area contributed by atoms with Gasteiger partial charge in [-0.2, -0.15) is 11.8 Å². The van der Waals surface area contributed by atoms with Crippen molar-refractivity contribution in [1.82, 2.24) is 10.2 Å². The van der Waals surface area contributed by atoms with Crippen LogP contribution in [0.1, 0.15) is 37.7 Å². The Kier molecular flexibility index (Phi) is 5.63. The number of benzene rings is 1. The van der Waals surface area contributed by atoms with Gasteiger partial charge in [0.15, 0.2) is 0 Å². The average Bonchev–Trinajstić information content (AvgIpc) is 2.94. The predicted octanol–water partition coefficient (Wildman–Crippen LogP) is 3.09. The summed E-state index contributed by atoms with van der Waals surface area (Å²) in [6, 6.07) is 9.70. The summed E-state index contributed by atoms with van der Waals surface area (Å²) in [4.78, 5) is 15.0. The summed E-state index contributed by atoms with van der Waals surface area (Å²) in [5.41, 5.74) is 2.25. The summed E-state index contributed by atoms with van der Waals surface area (Å²) in [5.74, 6) is 3.19. The maximum atomic E-state index is 12.5. The van der Waals surface area contributed by atoms with E-state index in [2.05, 4.69) is 33.7 Å². The number of fused-ring (bicyclic) bond motifs is 2. The molecule has 1 amide bonds. The van der Waals surface area contributed by atoms with Crippen molar-refractivity contribution in [3.05, 3.63) is 29.8 Å². The molecule has 1 aromatic rings. The van der Waals surface area contributed by atoms with E-state index in [9.17, 15) is 4.79 Å². The minimum absolute atomic E-state index is 0.179. The summed E-state index contributed by atoms with van der Waals surface area (Å²) in [5, 5.41) is 6.79. The van der Waals surface area contributed by atoms with Gasteiger partial charge in [0, 0.05) is 55.3 Å². The normalized spacial score (nSPS) is 29.5. The van der Waals surface area contributed by atoms with Crippen LogP contribution in [-0.4, -0.2) is 47.5 Å². The Bertz CT molecular complexity index is 590. The molecule has 3 saturated heterocycles. The second-order valence-electron chi connectivity index (χ2n) is 7.82. The molecular weight excluding hydrogens is 330 g/mol. The van der Waals surface area contributed by atoms with Crippen LogP contribution in [0.15, 0.2) is 24.3 Å². The molecule has 2 bridgehead atoms. The Morgan fingerprint density at radius 1 is 1.20 bits per heavy atom. The fraction of sp³-hybridized carbons (Fsp3) is 0.650. The van der Waals surface area contributed by atoms with E-state index in [1.165, 1.54) is 43.0 Å². The lowest BCUT2D eigenvalue weighted by molar-refractivity contribution is -0.117. The monoisotopic (exact) mass is 359 g/mol. The van der Waals surface area contributed by atoms with E-state index in [1.807, 2.05) is 17.8 Å². The number of nitrogens with one attached hydrogen (secondary N) is 2. The maximum Gasteiger partial charge on any atom is 0.224 e. The SMILES string of the molecule is O=C(CC1CC2CCC(C1)N2)Nc1cccc(CN2CCSCC2)c1. The van der Waals surface area contributed by atoms with Gasteiger partial charge < -0.3 is 10.6 Å². The van der Waals surface area contributed by atoms with Gasteiger partial charge in [0.2, 0.25) is 5.91 Å². The first-order valence-electron chi connectivity index (χ1n) is 9.69. The molecule has 0 saturated carbocycles. The Morgan fingerprint density at radius 2 is 1.96 bits per heavy atom. The molecule has 3 fully saturated rings. The van der Waals surface area contributed by atoms with E-state index >= 15 is 0 Å². The number of anilines is 1. The van der Waals surface area contributed by atoms with Gasteiger partial charge >= 0.3 is 0 Å². The molecule has 5 heteroatoms. The third-order valence-electron chi connectivity index (χ3n) is 5.77. The van der Waals surface area contributed by atoms with Crippen molar-refractivity contribution in [2.45, 2.75) is 50.7 Å². The number of carbonyl (C=O) groups is 1. The summed E-state index contributed by atoms with van der Waals surface area (Å²) < 4.78 is 0. The molecule has 4 rings (SSSR count). The van der Waals surface area contributed by atoms with Crippen molar-refractivity contribution in [1.29, 1.82) is 0 Å². The fourth-order valence-electron chi connectivity index (χ4n) is 4.58. The molecular formula is C20H29N3OS. The minimum Gasteiger partial charge on any atom is -0.326 e. The lowest BCUT2D eigenvalue weighted by Gasteiger charge is -2.28. The van der Waals surface area contributed by atoms with Crippen LogP contribution in [0.25, 0.3) is 0 Å². The molecule has 0 aliphatic carbocycles. The van der Waals surface area contributed by atoms with Gasteiger partial charge in [-0.05, 0) is 49.3 Å². The van der Waals surface area contributed by atoms with Crippen LogP contribution in [0.4, 0.5) is 5.69 Å². The molecule has 3 heterocycles. The van der Waals surface area contributed by atoms with Crippen molar-refractivity contribution in [2.75, 3.05) is 29.9 Å². The number of hydrogen-bond donors (Lipinski definition) is 2. The van der Waals surface area contributed by atoms with Crippen molar-refractivity contribution < 1.29 is 4.79 Å². The number of nitrogens with zero attached hydrogens (tertiary/aromatic N) is 1. The summed E-state index contributed by atoms with van der Waals surface area (Å²) in [6.07, 6.45) is 5.58. The van der Waals surface area contributed by atoms with Crippen molar-refractivity contribution in [3.63, 3.8) is 0 Å². The van der Waals surface area contributed by atoms with Crippen LogP contribution in [0.5, 0.6) is 0 Å². The molecule has 4 nitrogen and oxygen atoms in total. The van der Waals surface area contributed by atoms with Crippen LogP contribution < -0.4 is 10.6 Å². The zero-order valence-corrected chi connectivity index (χ0v) is 15.7. The number of carbonyl (C=O) groups excluding carboxylic acids is 1. The van der Waals surface area contributed by atoms with Gasteiger partial charge in [0.1, 0.15) is 0 Å². The third kappa shape index (κ3) is 4.78. The first kappa shape index (κ1) is 17.4. The van der Waals surface area contributed by atoms with Crippen LogP contribution in [0.2, 0.25) is 0 Å². The number of rotatable bonds is 5. The molecule has 0 spiro atoms. The number of amides is 1. The molecule has 0 aromatic heterocycles. The van der Waals surface area contributed by atoms with E-state index in [0.717, 1.165) is 25.1 Å². The van der Waals surface area contributed by atoms with Crippen molar-refractivity contribution >= 4 is 23.4 Å². The van der Waals surface area contributed by atoms with Gasteiger partial charge in [0.25, 0.3) is 0 Å². The van der Waals surface area contributed by atoms with E-state index in [-0.39, 0.29) is 5.91 Å². The van der Waals surface area contributed by atoms with Gasteiger partial charge in [-0.1, -0.05) is 12.1 Å². The second-order valence-corrected chi connectivity index (χ2v) is 9.04. The van der Waals surface area contributed by atoms with E-state index in [4.69, 9.17) is 0 Å². The second kappa shape index (κ2) is 8.11. The Morgan fingerprint density at radius 3 is 2.72 bits per heavy atom. The smallest absolute Gasteiger partial charge is 0.224 e. The van der Waals surface area contributed by atoms with Gasteiger partial charge in [-0.25, -0.2) is 0 Å².